The number of amides is 2. The van der Waals surface area contributed by atoms with E-state index in [-0.39, 0.29) is 12.0 Å². The van der Waals surface area contributed by atoms with E-state index < -0.39 is 0 Å². The van der Waals surface area contributed by atoms with Crippen molar-refractivity contribution >= 4 is 23.4 Å². The number of hydrogen-bond acceptors (Lipinski definition) is 5. The zero-order valence-corrected chi connectivity index (χ0v) is 17.1. The number of piperazine rings is 1. The molecule has 7 heteroatoms. The molecule has 7 nitrogen and oxygen atoms in total. The number of nitrogens with one attached hydrogen (secondary N) is 1. The average Bonchev–Trinajstić information content (AvgIpc) is 2.74. The zero-order valence-electron chi connectivity index (χ0n) is 17.1. The molecule has 0 unspecified atom stereocenters. The van der Waals surface area contributed by atoms with Gasteiger partial charge in [0, 0.05) is 26.2 Å². The van der Waals surface area contributed by atoms with E-state index >= 15 is 0 Å². The highest BCUT2D eigenvalue weighted by atomic mass is 16.5. The minimum Gasteiger partial charge on any atom is -0.495 e. The average molecular weight is 397 g/mol. The first-order valence-electron chi connectivity index (χ1n) is 9.75. The molecule has 0 atom stereocenters. The lowest BCUT2D eigenvalue weighted by Crippen LogP contribution is -2.50. The number of anilines is 2. The summed E-state index contributed by atoms with van der Waals surface area (Å²) in [6, 6.07) is 12.9. The summed E-state index contributed by atoms with van der Waals surface area (Å²) < 4.78 is 10.5. The molecular formula is C22H27N3O4. The van der Waals surface area contributed by atoms with Crippen molar-refractivity contribution in [3.05, 3.63) is 53.6 Å². The Morgan fingerprint density at radius 3 is 2.48 bits per heavy atom. The second-order valence-electron chi connectivity index (χ2n) is 6.85. The number of benzene rings is 2. The molecule has 1 aliphatic heterocycles. The van der Waals surface area contributed by atoms with Gasteiger partial charge in [-0.3, -0.25) is 0 Å². The first kappa shape index (κ1) is 20.5. The summed E-state index contributed by atoms with van der Waals surface area (Å²) in [5.41, 5.74) is 3.09. The van der Waals surface area contributed by atoms with Gasteiger partial charge in [0.15, 0.2) is 0 Å². The van der Waals surface area contributed by atoms with E-state index in [1.807, 2.05) is 43.3 Å². The number of para-hydroxylation sites is 1. The molecule has 0 aliphatic carbocycles. The van der Waals surface area contributed by atoms with E-state index in [2.05, 4.69) is 10.2 Å². The third kappa shape index (κ3) is 4.80. The van der Waals surface area contributed by atoms with Gasteiger partial charge in [-0.15, -0.1) is 0 Å². The Kier molecular flexibility index (Phi) is 6.59. The summed E-state index contributed by atoms with van der Waals surface area (Å²) in [4.78, 5) is 28.8. The second kappa shape index (κ2) is 9.32. The quantitative estimate of drug-likeness (QED) is 0.782. The number of rotatable bonds is 5. The van der Waals surface area contributed by atoms with Crippen molar-refractivity contribution in [2.45, 2.75) is 13.8 Å². The SMILES string of the molecule is CCOC(=O)c1ccccc1N1CCN(C(=O)Nc2cc(C)ccc2OC)CC1. The molecule has 0 bridgehead atoms. The minimum absolute atomic E-state index is 0.160. The topological polar surface area (TPSA) is 71.1 Å². The highest BCUT2D eigenvalue weighted by Gasteiger charge is 2.25. The Balaban J connectivity index is 1.65. The highest BCUT2D eigenvalue weighted by Crippen LogP contribution is 2.26. The largest absolute Gasteiger partial charge is 0.495 e. The molecule has 0 radical (unpaired) electrons. The molecule has 0 saturated carbocycles. The molecule has 2 amide bonds. The number of carbonyl (C=O) groups is 2. The fraction of sp³-hybridized carbons (Fsp3) is 0.364. The van der Waals surface area contributed by atoms with Crippen LogP contribution in [0.1, 0.15) is 22.8 Å². The van der Waals surface area contributed by atoms with Crippen molar-refractivity contribution in [2.24, 2.45) is 0 Å². The normalized spacial score (nSPS) is 13.8. The summed E-state index contributed by atoms with van der Waals surface area (Å²) in [5.74, 6) is 0.306. The smallest absolute Gasteiger partial charge is 0.340 e. The highest BCUT2D eigenvalue weighted by molar-refractivity contribution is 5.96. The van der Waals surface area contributed by atoms with Crippen LogP contribution in [-0.2, 0) is 4.74 Å². The van der Waals surface area contributed by atoms with Crippen molar-refractivity contribution in [1.82, 2.24) is 4.90 Å². The van der Waals surface area contributed by atoms with E-state index in [0.717, 1.165) is 11.3 Å². The number of ether oxygens (including phenoxy) is 2. The lowest BCUT2D eigenvalue weighted by atomic mass is 10.1. The summed E-state index contributed by atoms with van der Waals surface area (Å²) in [7, 11) is 1.58. The molecule has 1 fully saturated rings. The number of urea groups is 1. The molecule has 1 N–H and O–H groups in total. The zero-order chi connectivity index (χ0) is 20.8. The molecule has 29 heavy (non-hydrogen) atoms. The standard InChI is InChI=1S/C22H27N3O4/c1-4-29-21(26)17-7-5-6-8-19(17)24-11-13-25(14-12-24)22(27)23-18-15-16(2)9-10-20(18)28-3/h5-10,15H,4,11-14H2,1-3H3,(H,23,27). The van der Waals surface area contributed by atoms with E-state index in [0.29, 0.717) is 49.8 Å². The number of aryl methyl sites for hydroxylation is 1. The Morgan fingerprint density at radius 1 is 1.07 bits per heavy atom. The maximum Gasteiger partial charge on any atom is 0.340 e. The number of carbonyl (C=O) groups excluding carboxylic acids is 2. The van der Waals surface area contributed by atoms with Crippen molar-refractivity contribution < 1.29 is 19.1 Å². The molecule has 0 spiro atoms. The maximum absolute atomic E-state index is 12.7. The van der Waals surface area contributed by atoms with Gasteiger partial charge < -0.3 is 24.6 Å². The molecule has 2 aromatic carbocycles. The van der Waals surface area contributed by atoms with Crippen LogP contribution >= 0.6 is 0 Å². The fourth-order valence-electron chi connectivity index (χ4n) is 3.40. The Hall–Kier alpha value is -3.22. The molecule has 3 rings (SSSR count). The van der Waals surface area contributed by atoms with Crippen molar-refractivity contribution in [2.75, 3.05) is 50.1 Å². The molecule has 154 valence electrons. The van der Waals surface area contributed by atoms with Gasteiger partial charge in [0.2, 0.25) is 0 Å². The van der Waals surface area contributed by atoms with Crippen LogP contribution in [0.3, 0.4) is 0 Å². The molecule has 1 saturated heterocycles. The Labute approximate surface area is 171 Å². The summed E-state index contributed by atoms with van der Waals surface area (Å²) in [6.07, 6.45) is 0. The summed E-state index contributed by atoms with van der Waals surface area (Å²) >= 11 is 0. The summed E-state index contributed by atoms with van der Waals surface area (Å²) in [5, 5.41) is 2.94. The predicted octanol–water partition coefficient (Wildman–Crippen LogP) is 3.53. The third-order valence-corrected chi connectivity index (χ3v) is 4.90. The monoisotopic (exact) mass is 397 g/mol. The number of esters is 1. The summed E-state index contributed by atoms with van der Waals surface area (Å²) in [6.45, 7) is 6.47. The number of nitrogens with zero attached hydrogens (tertiary/aromatic N) is 2. The van der Waals surface area contributed by atoms with Crippen LogP contribution in [0.2, 0.25) is 0 Å². The number of methoxy groups -OCH3 is 1. The van der Waals surface area contributed by atoms with Crippen LogP contribution in [0.4, 0.5) is 16.2 Å². The van der Waals surface area contributed by atoms with E-state index in [9.17, 15) is 9.59 Å². The van der Waals surface area contributed by atoms with Crippen molar-refractivity contribution in [3.8, 4) is 5.75 Å². The van der Waals surface area contributed by atoms with E-state index in [1.54, 1.807) is 25.0 Å². The van der Waals surface area contributed by atoms with Gasteiger partial charge in [0.1, 0.15) is 5.75 Å². The molecule has 0 aromatic heterocycles. The Morgan fingerprint density at radius 2 is 1.79 bits per heavy atom. The molecule has 2 aromatic rings. The molecule has 1 aliphatic rings. The van der Waals surface area contributed by atoms with Crippen LogP contribution in [-0.4, -0.2) is 56.8 Å². The van der Waals surface area contributed by atoms with Gasteiger partial charge in [-0.1, -0.05) is 18.2 Å². The maximum atomic E-state index is 12.7. The van der Waals surface area contributed by atoms with Crippen LogP contribution < -0.4 is 15.0 Å². The van der Waals surface area contributed by atoms with E-state index in [1.165, 1.54) is 0 Å². The van der Waals surface area contributed by atoms with Gasteiger partial charge in [-0.2, -0.15) is 0 Å². The first-order valence-corrected chi connectivity index (χ1v) is 9.75. The van der Waals surface area contributed by atoms with Crippen LogP contribution in [0.5, 0.6) is 5.75 Å². The lowest BCUT2D eigenvalue weighted by Gasteiger charge is -2.36. The fourth-order valence-corrected chi connectivity index (χ4v) is 3.40. The minimum atomic E-state index is -0.324. The first-order chi connectivity index (χ1) is 14.0. The van der Waals surface area contributed by atoms with Crippen molar-refractivity contribution in [3.63, 3.8) is 0 Å². The van der Waals surface area contributed by atoms with Gasteiger partial charge >= 0.3 is 12.0 Å². The van der Waals surface area contributed by atoms with Crippen LogP contribution in [0, 0.1) is 6.92 Å². The van der Waals surface area contributed by atoms with Crippen LogP contribution in [0.25, 0.3) is 0 Å². The third-order valence-electron chi connectivity index (χ3n) is 4.90. The van der Waals surface area contributed by atoms with Gasteiger partial charge in [-0.25, -0.2) is 9.59 Å². The lowest BCUT2D eigenvalue weighted by molar-refractivity contribution is 0.0527. The van der Waals surface area contributed by atoms with Gasteiger partial charge in [-0.05, 0) is 43.7 Å². The van der Waals surface area contributed by atoms with Crippen LogP contribution in [0.15, 0.2) is 42.5 Å². The van der Waals surface area contributed by atoms with Gasteiger partial charge in [0.25, 0.3) is 0 Å². The van der Waals surface area contributed by atoms with Gasteiger partial charge in [0.05, 0.1) is 30.7 Å². The predicted molar refractivity (Wildman–Crippen MR) is 113 cm³/mol. The molecular weight excluding hydrogens is 370 g/mol. The number of hydrogen-bond donors (Lipinski definition) is 1. The van der Waals surface area contributed by atoms with E-state index in [4.69, 9.17) is 9.47 Å². The Bertz CT molecular complexity index is 876. The molecule has 1 heterocycles. The van der Waals surface area contributed by atoms with Crippen molar-refractivity contribution in [1.29, 1.82) is 0 Å². The second-order valence-corrected chi connectivity index (χ2v) is 6.85.